The Balaban J connectivity index is 1.74. The second kappa shape index (κ2) is 6.89. The van der Waals surface area contributed by atoms with E-state index < -0.39 is 0 Å². The van der Waals surface area contributed by atoms with Gasteiger partial charge in [0, 0.05) is 28.8 Å². The number of aromatic nitrogens is 4. The van der Waals surface area contributed by atoms with Gasteiger partial charge in [0.1, 0.15) is 5.82 Å². The molecule has 0 saturated carbocycles. The number of anilines is 4. The SMILES string of the molecule is Fc1cccc(Nc2nc(Nc3ccc(Cl)cc3)c3nccnc3n2)c1. The normalized spacial score (nSPS) is 10.7. The molecule has 8 heteroatoms. The molecule has 0 aliphatic heterocycles. The van der Waals surface area contributed by atoms with Gasteiger partial charge in [-0.25, -0.2) is 14.4 Å². The predicted molar refractivity (Wildman–Crippen MR) is 99.5 cm³/mol. The van der Waals surface area contributed by atoms with Crippen LogP contribution < -0.4 is 10.6 Å². The van der Waals surface area contributed by atoms with Gasteiger partial charge in [-0.1, -0.05) is 17.7 Å². The molecule has 4 rings (SSSR count). The highest BCUT2D eigenvalue weighted by Crippen LogP contribution is 2.24. The van der Waals surface area contributed by atoms with Crippen LogP contribution in [0.5, 0.6) is 0 Å². The Morgan fingerprint density at radius 1 is 0.846 bits per heavy atom. The van der Waals surface area contributed by atoms with Gasteiger partial charge in [-0.3, -0.25) is 0 Å². The van der Waals surface area contributed by atoms with Gasteiger partial charge in [-0.05, 0) is 42.5 Å². The highest BCUT2D eigenvalue weighted by molar-refractivity contribution is 6.30. The molecule has 2 aromatic heterocycles. The fourth-order valence-electron chi connectivity index (χ4n) is 2.37. The lowest BCUT2D eigenvalue weighted by Crippen LogP contribution is -2.04. The van der Waals surface area contributed by atoms with E-state index in [9.17, 15) is 4.39 Å². The van der Waals surface area contributed by atoms with Crippen molar-refractivity contribution in [1.82, 2.24) is 19.9 Å². The zero-order valence-electron chi connectivity index (χ0n) is 13.3. The molecular formula is C18H12ClFN6. The first-order valence-electron chi connectivity index (χ1n) is 7.71. The van der Waals surface area contributed by atoms with Crippen LogP contribution >= 0.6 is 11.6 Å². The molecule has 2 aromatic carbocycles. The van der Waals surface area contributed by atoms with Gasteiger partial charge in [0.25, 0.3) is 0 Å². The fourth-order valence-corrected chi connectivity index (χ4v) is 2.50. The Morgan fingerprint density at radius 2 is 1.65 bits per heavy atom. The summed E-state index contributed by atoms with van der Waals surface area (Å²) in [5.41, 5.74) is 2.26. The summed E-state index contributed by atoms with van der Waals surface area (Å²) in [7, 11) is 0. The molecule has 26 heavy (non-hydrogen) atoms. The van der Waals surface area contributed by atoms with E-state index in [1.54, 1.807) is 36.7 Å². The molecule has 0 aliphatic carbocycles. The van der Waals surface area contributed by atoms with Crippen molar-refractivity contribution in [3.63, 3.8) is 0 Å². The summed E-state index contributed by atoms with van der Waals surface area (Å²) in [6.07, 6.45) is 3.12. The van der Waals surface area contributed by atoms with Crippen molar-refractivity contribution in [3.05, 3.63) is 71.8 Å². The third kappa shape index (κ3) is 3.52. The van der Waals surface area contributed by atoms with Crippen molar-refractivity contribution < 1.29 is 4.39 Å². The first-order valence-corrected chi connectivity index (χ1v) is 8.09. The van der Waals surface area contributed by atoms with Gasteiger partial charge in [0.15, 0.2) is 17.0 Å². The number of nitrogens with one attached hydrogen (secondary N) is 2. The molecule has 0 bridgehead atoms. The van der Waals surface area contributed by atoms with Crippen molar-refractivity contribution in [3.8, 4) is 0 Å². The van der Waals surface area contributed by atoms with Crippen LogP contribution in [0.1, 0.15) is 0 Å². The molecule has 6 nitrogen and oxygen atoms in total. The zero-order chi connectivity index (χ0) is 17.9. The highest BCUT2D eigenvalue weighted by atomic mass is 35.5. The van der Waals surface area contributed by atoms with E-state index in [2.05, 4.69) is 30.6 Å². The maximum absolute atomic E-state index is 13.4. The van der Waals surface area contributed by atoms with E-state index in [1.807, 2.05) is 12.1 Å². The largest absolute Gasteiger partial charge is 0.338 e. The monoisotopic (exact) mass is 366 g/mol. The van der Waals surface area contributed by atoms with Crippen LogP contribution in [0.25, 0.3) is 11.2 Å². The zero-order valence-corrected chi connectivity index (χ0v) is 14.1. The summed E-state index contributed by atoms with van der Waals surface area (Å²) in [4.78, 5) is 17.3. The topological polar surface area (TPSA) is 75.6 Å². The highest BCUT2D eigenvalue weighted by Gasteiger charge is 2.11. The Labute approximate surface area is 153 Å². The van der Waals surface area contributed by atoms with Crippen molar-refractivity contribution >= 4 is 45.9 Å². The van der Waals surface area contributed by atoms with E-state index in [-0.39, 0.29) is 11.8 Å². The predicted octanol–water partition coefficient (Wildman–Crippen LogP) is 4.70. The number of fused-ring (bicyclic) bond motifs is 1. The number of benzene rings is 2. The van der Waals surface area contributed by atoms with Crippen LogP contribution in [0.2, 0.25) is 5.02 Å². The average Bonchev–Trinajstić information content (AvgIpc) is 2.64. The molecular weight excluding hydrogens is 355 g/mol. The molecule has 128 valence electrons. The molecule has 2 heterocycles. The molecule has 0 fully saturated rings. The molecule has 0 spiro atoms. The molecule has 2 N–H and O–H groups in total. The van der Waals surface area contributed by atoms with Gasteiger partial charge in [-0.15, -0.1) is 0 Å². The van der Waals surface area contributed by atoms with E-state index in [0.717, 1.165) is 5.69 Å². The molecule has 0 radical (unpaired) electrons. The first-order chi connectivity index (χ1) is 12.7. The number of hydrogen-bond acceptors (Lipinski definition) is 6. The maximum atomic E-state index is 13.4. The van der Waals surface area contributed by atoms with Gasteiger partial charge in [0.2, 0.25) is 5.95 Å². The van der Waals surface area contributed by atoms with Crippen molar-refractivity contribution in [2.45, 2.75) is 0 Å². The lowest BCUT2D eigenvalue weighted by Gasteiger charge is -2.11. The average molecular weight is 367 g/mol. The number of halogens is 2. The fraction of sp³-hybridized carbons (Fsp3) is 0. The molecule has 0 saturated heterocycles. The molecule has 0 atom stereocenters. The second-order valence-electron chi connectivity index (χ2n) is 5.39. The third-order valence-corrected chi connectivity index (χ3v) is 3.77. The lowest BCUT2D eigenvalue weighted by atomic mass is 10.3. The van der Waals surface area contributed by atoms with Crippen LogP contribution in [-0.4, -0.2) is 19.9 Å². The quantitative estimate of drug-likeness (QED) is 0.545. The minimum atomic E-state index is -0.352. The lowest BCUT2D eigenvalue weighted by molar-refractivity contribution is 0.628. The van der Waals surface area contributed by atoms with E-state index in [0.29, 0.717) is 27.7 Å². The summed E-state index contributed by atoms with van der Waals surface area (Å²) < 4.78 is 13.4. The smallest absolute Gasteiger partial charge is 0.231 e. The number of hydrogen-bond donors (Lipinski definition) is 2. The third-order valence-electron chi connectivity index (χ3n) is 3.52. The van der Waals surface area contributed by atoms with Crippen LogP contribution in [-0.2, 0) is 0 Å². The van der Waals surface area contributed by atoms with Gasteiger partial charge >= 0.3 is 0 Å². The number of rotatable bonds is 4. The molecule has 4 aromatic rings. The van der Waals surface area contributed by atoms with Crippen LogP contribution in [0.15, 0.2) is 60.9 Å². The van der Waals surface area contributed by atoms with Crippen molar-refractivity contribution in [2.75, 3.05) is 10.6 Å². The molecule has 0 amide bonds. The van der Waals surface area contributed by atoms with Gasteiger partial charge in [0.05, 0.1) is 0 Å². The summed E-state index contributed by atoms with van der Waals surface area (Å²) in [5.74, 6) is 0.402. The minimum absolute atomic E-state index is 0.278. The second-order valence-corrected chi connectivity index (χ2v) is 5.83. The summed E-state index contributed by atoms with van der Waals surface area (Å²) in [5, 5.41) is 6.80. The molecule has 0 aliphatic rings. The van der Waals surface area contributed by atoms with Gasteiger partial charge in [-0.2, -0.15) is 9.97 Å². The van der Waals surface area contributed by atoms with Crippen molar-refractivity contribution in [2.24, 2.45) is 0 Å². The summed E-state index contributed by atoms with van der Waals surface area (Å²) >= 11 is 5.92. The minimum Gasteiger partial charge on any atom is -0.338 e. The first kappa shape index (κ1) is 16.2. The summed E-state index contributed by atoms with van der Waals surface area (Å²) in [6, 6.07) is 13.2. The van der Waals surface area contributed by atoms with E-state index >= 15 is 0 Å². The van der Waals surface area contributed by atoms with E-state index in [1.165, 1.54) is 12.1 Å². The standard InChI is InChI=1S/C18H12ClFN6/c19-11-4-6-13(7-5-11)23-17-15-16(22-9-8-21-15)25-18(26-17)24-14-3-1-2-12(20)10-14/h1-10H,(H2,22,23,24,25,26). The Bertz CT molecular complexity index is 1070. The Kier molecular flexibility index (Phi) is 4.28. The van der Waals surface area contributed by atoms with Gasteiger partial charge < -0.3 is 10.6 Å². The van der Waals surface area contributed by atoms with Crippen LogP contribution in [0, 0.1) is 5.82 Å². The Morgan fingerprint density at radius 3 is 2.46 bits per heavy atom. The van der Waals surface area contributed by atoms with Crippen LogP contribution in [0.3, 0.4) is 0 Å². The number of nitrogens with zero attached hydrogens (tertiary/aromatic N) is 4. The Hall–Kier alpha value is -3.32. The molecule has 0 unspecified atom stereocenters. The van der Waals surface area contributed by atoms with E-state index in [4.69, 9.17) is 11.6 Å². The van der Waals surface area contributed by atoms with Crippen molar-refractivity contribution in [1.29, 1.82) is 0 Å². The summed E-state index contributed by atoms with van der Waals surface area (Å²) in [6.45, 7) is 0. The van der Waals surface area contributed by atoms with Crippen LogP contribution in [0.4, 0.5) is 27.5 Å². The maximum Gasteiger partial charge on any atom is 0.231 e.